The van der Waals surface area contributed by atoms with Gasteiger partial charge in [0.2, 0.25) is 5.91 Å². The molecule has 0 heterocycles. The predicted molar refractivity (Wildman–Crippen MR) is 109 cm³/mol. The molecule has 0 atom stereocenters. The van der Waals surface area contributed by atoms with Crippen LogP contribution in [-0.4, -0.2) is 26.7 Å². The molecule has 0 saturated heterocycles. The van der Waals surface area contributed by atoms with Crippen molar-refractivity contribution in [2.75, 3.05) is 26.1 Å². The molecule has 27 heavy (non-hydrogen) atoms. The molecule has 0 bridgehead atoms. The van der Waals surface area contributed by atoms with Gasteiger partial charge in [-0.3, -0.25) is 4.79 Å². The van der Waals surface area contributed by atoms with Crippen molar-refractivity contribution >= 4 is 29.3 Å². The second kappa shape index (κ2) is 10.5. The lowest BCUT2D eigenvalue weighted by molar-refractivity contribution is -0.111. The van der Waals surface area contributed by atoms with Crippen LogP contribution in [-0.2, 0) is 4.79 Å². The van der Waals surface area contributed by atoms with E-state index in [9.17, 15) is 4.79 Å². The van der Waals surface area contributed by atoms with E-state index < -0.39 is 0 Å². The summed E-state index contributed by atoms with van der Waals surface area (Å²) in [5.41, 5.74) is 1.36. The van der Waals surface area contributed by atoms with Gasteiger partial charge in [-0.05, 0) is 42.3 Å². The fourth-order valence-corrected chi connectivity index (χ4v) is 2.60. The molecule has 144 valence electrons. The van der Waals surface area contributed by atoms with E-state index in [1.807, 2.05) is 6.07 Å². The number of methoxy groups -OCH3 is 2. The standard InChI is InChI=1S/C21H24ClNO4/c1-4-5-13-27-21-16(22)7-6-8-17(21)23-20(24)12-10-15-9-11-18(25-2)19(14-15)26-3/h6-12,14H,4-5,13H2,1-3H3,(H,23,24)/b12-10+. The molecule has 0 radical (unpaired) electrons. The Hall–Kier alpha value is -2.66. The average Bonchev–Trinajstić information content (AvgIpc) is 2.68. The second-order valence-corrected chi connectivity index (χ2v) is 6.16. The lowest BCUT2D eigenvalue weighted by Crippen LogP contribution is -2.10. The number of carbonyl (C=O) groups is 1. The fraction of sp³-hybridized carbons (Fsp3) is 0.286. The first-order chi connectivity index (χ1) is 13.1. The lowest BCUT2D eigenvalue weighted by Gasteiger charge is -2.13. The summed E-state index contributed by atoms with van der Waals surface area (Å²) in [5, 5.41) is 3.27. The van der Waals surface area contributed by atoms with Crippen LogP contribution >= 0.6 is 11.6 Å². The van der Waals surface area contributed by atoms with Crippen LogP contribution in [0, 0.1) is 0 Å². The van der Waals surface area contributed by atoms with Crippen LogP contribution in [0.2, 0.25) is 5.02 Å². The van der Waals surface area contributed by atoms with Crippen molar-refractivity contribution in [3.8, 4) is 17.2 Å². The Morgan fingerprint density at radius 2 is 1.93 bits per heavy atom. The normalized spacial score (nSPS) is 10.7. The maximum absolute atomic E-state index is 12.3. The van der Waals surface area contributed by atoms with Crippen molar-refractivity contribution in [2.24, 2.45) is 0 Å². The number of halogens is 1. The zero-order valence-corrected chi connectivity index (χ0v) is 16.5. The molecule has 2 aromatic carbocycles. The number of hydrogen-bond acceptors (Lipinski definition) is 4. The zero-order chi connectivity index (χ0) is 19.6. The summed E-state index contributed by atoms with van der Waals surface area (Å²) in [5.74, 6) is 1.43. The number of benzene rings is 2. The fourth-order valence-electron chi connectivity index (χ4n) is 2.38. The third-order valence-corrected chi connectivity index (χ3v) is 4.10. The number of ether oxygens (including phenoxy) is 3. The third-order valence-electron chi connectivity index (χ3n) is 3.80. The van der Waals surface area contributed by atoms with E-state index in [0.717, 1.165) is 18.4 Å². The van der Waals surface area contributed by atoms with Crippen LogP contribution in [0.25, 0.3) is 6.08 Å². The minimum Gasteiger partial charge on any atom is -0.493 e. The van der Waals surface area contributed by atoms with Crippen molar-refractivity contribution < 1.29 is 19.0 Å². The smallest absolute Gasteiger partial charge is 0.248 e. The zero-order valence-electron chi connectivity index (χ0n) is 15.8. The van der Waals surface area contributed by atoms with Crippen molar-refractivity contribution in [1.29, 1.82) is 0 Å². The van der Waals surface area contributed by atoms with E-state index in [-0.39, 0.29) is 5.91 Å². The van der Waals surface area contributed by atoms with Crippen molar-refractivity contribution in [2.45, 2.75) is 19.8 Å². The number of rotatable bonds is 9. The molecule has 6 heteroatoms. The highest BCUT2D eigenvalue weighted by atomic mass is 35.5. The summed E-state index contributed by atoms with van der Waals surface area (Å²) in [6.45, 7) is 2.63. The Kier molecular flexibility index (Phi) is 8.01. The van der Waals surface area contributed by atoms with Crippen LogP contribution in [0.4, 0.5) is 5.69 Å². The maximum Gasteiger partial charge on any atom is 0.248 e. The molecule has 1 N–H and O–H groups in total. The molecule has 0 aromatic heterocycles. The van der Waals surface area contributed by atoms with Gasteiger partial charge in [0.1, 0.15) is 0 Å². The summed E-state index contributed by atoms with van der Waals surface area (Å²) in [7, 11) is 3.14. The Bertz CT molecular complexity index is 805. The summed E-state index contributed by atoms with van der Waals surface area (Å²) >= 11 is 6.21. The van der Waals surface area contributed by atoms with Gasteiger partial charge in [-0.15, -0.1) is 0 Å². The van der Waals surface area contributed by atoms with E-state index >= 15 is 0 Å². The highest BCUT2D eigenvalue weighted by Gasteiger charge is 2.10. The van der Waals surface area contributed by atoms with Crippen LogP contribution in [0.3, 0.4) is 0 Å². The van der Waals surface area contributed by atoms with Gasteiger partial charge in [-0.2, -0.15) is 0 Å². The van der Waals surface area contributed by atoms with Crippen molar-refractivity contribution in [1.82, 2.24) is 0 Å². The number of para-hydroxylation sites is 1. The number of anilines is 1. The molecule has 1 amide bonds. The Morgan fingerprint density at radius 1 is 1.15 bits per heavy atom. The topological polar surface area (TPSA) is 56.8 Å². The average molecular weight is 390 g/mol. The lowest BCUT2D eigenvalue weighted by atomic mass is 10.2. The Balaban J connectivity index is 2.09. The maximum atomic E-state index is 12.3. The van der Waals surface area contributed by atoms with Gasteiger partial charge >= 0.3 is 0 Å². The molecule has 0 spiro atoms. The number of hydrogen-bond donors (Lipinski definition) is 1. The third kappa shape index (κ3) is 5.93. The predicted octanol–water partition coefficient (Wildman–Crippen LogP) is 5.19. The van der Waals surface area contributed by atoms with Gasteiger partial charge in [-0.1, -0.05) is 37.1 Å². The van der Waals surface area contributed by atoms with Gasteiger partial charge in [0.15, 0.2) is 17.2 Å². The van der Waals surface area contributed by atoms with Crippen molar-refractivity contribution in [3.63, 3.8) is 0 Å². The Labute approximate surface area is 164 Å². The van der Waals surface area contributed by atoms with Gasteiger partial charge in [0, 0.05) is 6.08 Å². The minimum absolute atomic E-state index is 0.285. The first kappa shape index (κ1) is 20.6. The highest BCUT2D eigenvalue weighted by Crippen LogP contribution is 2.33. The van der Waals surface area contributed by atoms with Crippen LogP contribution in [0.15, 0.2) is 42.5 Å². The largest absolute Gasteiger partial charge is 0.493 e. The van der Waals surface area contributed by atoms with E-state index in [0.29, 0.717) is 34.6 Å². The summed E-state index contributed by atoms with van der Waals surface area (Å²) in [4.78, 5) is 12.3. The molecule has 2 aromatic rings. The first-order valence-corrected chi connectivity index (χ1v) is 9.09. The molecular formula is C21H24ClNO4. The molecular weight excluding hydrogens is 366 g/mol. The highest BCUT2D eigenvalue weighted by molar-refractivity contribution is 6.32. The Morgan fingerprint density at radius 3 is 2.63 bits per heavy atom. The summed E-state index contributed by atoms with van der Waals surface area (Å²) in [6.07, 6.45) is 5.06. The van der Waals surface area contributed by atoms with E-state index in [1.54, 1.807) is 50.6 Å². The minimum atomic E-state index is -0.285. The van der Waals surface area contributed by atoms with E-state index in [2.05, 4.69) is 12.2 Å². The van der Waals surface area contributed by atoms with E-state index in [4.69, 9.17) is 25.8 Å². The van der Waals surface area contributed by atoms with Gasteiger partial charge in [-0.25, -0.2) is 0 Å². The number of amides is 1. The number of unbranched alkanes of at least 4 members (excludes halogenated alkanes) is 1. The SMILES string of the molecule is CCCCOc1c(Cl)cccc1NC(=O)/C=C/c1ccc(OC)c(OC)c1. The van der Waals surface area contributed by atoms with Crippen LogP contribution < -0.4 is 19.5 Å². The second-order valence-electron chi connectivity index (χ2n) is 5.76. The molecule has 0 saturated carbocycles. The monoisotopic (exact) mass is 389 g/mol. The molecule has 0 unspecified atom stereocenters. The van der Waals surface area contributed by atoms with Gasteiger partial charge in [0.25, 0.3) is 0 Å². The first-order valence-electron chi connectivity index (χ1n) is 8.71. The quantitative estimate of drug-likeness (QED) is 0.473. The number of carbonyl (C=O) groups excluding carboxylic acids is 1. The summed E-state index contributed by atoms with van der Waals surface area (Å²) in [6, 6.07) is 10.7. The van der Waals surface area contributed by atoms with E-state index in [1.165, 1.54) is 6.08 Å². The van der Waals surface area contributed by atoms with Crippen LogP contribution in [0.1, 0.15) is 25.3 Å². The number of nitrogens with one attached hydrogen (secondary N) is 1. The van der Waals surface area contributed by atoms with Gasteiger partial charge in [0.05, 0.1) is 31.5 Å². The molecule has 0 aliphatic carbocycles. The van der Waals surface area contributed by atoms with Gasteiger partial charge < -0.3 is 19.5 Å². The molecule has 5 nitrogen and oxygen atoms in total. The molecule has 0 fully saturated rings. The van der Waals surface area contributed by atoms with Crippen LogP contribution in [0.5, 0.6) is 17.2 Å². The molecule has 0 aliphatic rings. The summed E-state index contributed by atoms with van der Waals surface area (Å²) < 4.78 is 16.2. The van der Waals surface area contributed by atoms with Crippen molar-refractivity contribution in [3.05, 3.63) is 53.1 Å². The molecule has 2 rings (SSSR count). The molecule has 0 aliphatic heterocycles.